The zero-order valence-corrected chi connectivity index (χ0v) is 19.4. The first-order valence-corrected chi connectivity index (χ1v) is 11.2. The molecule has 3 atom stereocenters. The summed E-state index contributed by atoms with van der Waals surface area (Å²) in [4.78, 5) is 36.7. The monoisotopic (exact) mass is 461 g/mol. The summed E-state index contributed by atoms with van der Waals surface area (Å²) in [5.74, 6) is -1.33. The third-order valence-corrected chi connectivity index (χ3v) is 6.77. The van der Waals surface area contributed by atoms with E-state index in [9.17, 15) is 9.59 Å². The van der Waals surface area contributed by atoms with E-state index in [0.29, 0.717) is 16.3 Å². The molecule has 6 nitrogen and oxygen atoms in total. The van der Waals surface area contributed by atoms with Crippen molar-refractivity contribution >= 4 is 40.5 Å². The van der Waals surface area contributed by atoms with Crippen molar-refractivity contribution in [1.82, 2.24) is 0 Å². The van der Waals surface area contributed by atoms with Gasteiger partial charge in [-0.25, -0.2) is 9.96 Å². The Kier molecular flexibility index (Phi) is 5.35. The van der Waals surface area contributed by atoms with Gasteiger partial charge in [0.05, 0.1) is 17.4 Å². The number of hydrogen-bond acceptors (Lipinski definition) is 5. The molecule has 168 valence electrons. The third kappa shape index (κ3) is 3.46. The normalized spacial score (nSPS) is 22.1. The van der Waals surface area contributed by atoms with Crippen molar-refractivity contribution < 1.29 is 14.4 Å². The van der Waals surface area contributed by atoms with Gasteiger partial charge in [0.2, 0.25) is 5.91 Å². The predicted octanol–water partition coefficient (Wildman–Crippen LogP) is 4.77. The van der Waals surface area contributed by atoms with Gasteiger partial charge in [-0.05, 0) is 54.4 Å². The van der Waals surface area contributed by atoms with E-state index in [4.69, 9.17) is 16.4 Å². The Bertz CT molecular complexity index is 1210. The number of nitrogens with zero attached hydrogens (tertiary/aromatic N) is 3. The van der Waals surface area contributed by atoms with Gasteiger partial charge in [0.1, 0.15) is 5.92 Å². The third-order valence-electron chi connectivity index (χ3n) is 6.36. The zero-order chi connectivity index (χ0) is 23.3. The van der Waals surface area contributed by atoms with E-state index in [1.54, 1.807) is 30.2 Å². The number of anilines is 3. The number of rotatable bonds is 4. The molecule has 0 N–H and O–H groups in total. The molecule has 2 aliphatic rings. The number of hydrogen-bond donors (Lipinski definition) is 0. The molecule has 2 saturated heterocycles. The fourth-order valence-corrected chi connectivity index (χ4v) is 4.77. The van der Waals surface area contributed by atoms with E-state index in [0.717, 1.165) is 16.9 Å². The van der Waals surface area contributed by atoms with Crippen LogP contribution in [0.15, 0.2) is 72.8 Å². The Morgan fingerprint density at radius 1 is 0.879 bits per heavy atom. The SMILES string of the molecule is Cc1c(Cl)cccc1N1C(=O)[C@@H]2[C@H](ON(c3ccccc3)[C@H]2c2ccc(N(C)C)cc2)C1=O. The first kappa shape index (κ1) is 21.5. The van der Waals surface area contributed by atoms with Gasteiger partial charge >= 0.3 is 0 Å². The molecule has 0 aromatic heterocycles. The van der Waals surface area contributed by atoms with Gasteiger partial charge in [0.15, 0.2) is 6.10 Å². The molecule has 2 fully saturated rings. The largest absolute Gasteiger partial charge is 0.378 e. The minimum absolute atomic E-state index is 0.282. The van der Waals surface area contributed by atoms with Crippen LogP contribution in [-0.4, -0.2) is 32.0 Å². The highest BCUT2D eigenvalue weighted by Gasteiger charge is 2.60. The lowest BCUT2D eigenvalue weighted by atomic mass is 9.90. The van der Waals surface area contributed by atoms with Crippen LogP contribution >= 0.6 is 11.6 Å². The Morgan fingerprint density at radius 2 is 1.58 bits per heavy atom. The fraction of sp³-hybridized carbons (Fsp3) is 0.231. The number of fused-ring (bicyclic) bond motifs is 1. The van der Waals surface area contributed by atoms with Crippen LogP contribution in [0.25, 0.3) is 0 Å². The summed E-state index contributed by atoms with van der Waals surface area (Å²) >= 11 is 6.28. The summed E-state index contributed by atoms with van der Waals surface area (Å²) in [5.41, 5.74) is 3.93. The van der Waals surface area contributed by atoms with Gasteiger partial charge < -0.3 is 4.90 Å². The first-order valence-electron chi connectivity index (χ1n) is 10.8. The van der Waals surface area contributed by atoms with Crippen molar-refractivity contribution in [2.75, 3.05) is 29.0 Å². The molecule has 0 radical (unpaired) electrons. The summed E-state index contributed by atoms with van der Waals surface area (Å²) in [5, 5.41) is 2.21. The number of halogens is 1. The molecule has 0 saturated carbocycles. The maximum Gasteiger partial charge on any atom is 0.266 e. The molecule has 3 aromatic rings. The maximum absolute atomic E-state index is 13.7. The summed E-state index contributed by atoms with van der Waals surface area (Å²) in [6, 6.07) is 22.3. The van der Waals surface area contributed by atoms with E-state index in [2.05, 4.69) is 0 Å². The molecule has 3 aromatic carbocycles. The molecule has 0 spiro atoms. The van der Waals surface area contributed by atoms with Crippen molar-refractivity contribution in [3.8, 4) is 0 Å². The Morgan fingerprint density at radius 3 is 2.24 bits per heavy atom. The number of hydroxylamine groups is 1. The number of amides is 2. The van der Waals surface area contributed by atoms with Crippen LogP contribution in [0.5, 0.6) is 0 Å². The Balaban J connectivity index is 1.59. The lowest BCUT2D eigenvalue weighted by Gasteiger charge is -2.29. The van der Waals surface area contributed by atoms with Crippen molar-refractivity contribution in [3.05, 3.63) is 88.9 Å². The number of benzene rings is 3. The summed E-state index contributed by atoms with van der Waals surface area (Å²) in [6.07, 6.45) is -0.908. The molecule has 2 heterocycles. The Labute approximate surface area is 197 Å². The van der Waals surface area contributed by atoms with Crippen LogP contribution in [0.3, 0.4) is 0 Å². The first-order chi connectivity index (χ1) is 15.9. The average molecular weight is 462 g/mol. The van der Waals surface area contributed by atoms with E-state index in [1.165, 1.54) is 4.90 Å². The average Bonchev–Trinajstić information content (AvgIpc) is 3.33. The van der Waals surface area contributed by atoms with Crippen LogP contribution in [0.1, 0.15) is 17.2 Å². The molecule has 0 aliphatic carbocycles. The van der Waals surface area contributed by atoms with Gasteiger partial charge in [-0.2, -0.15) is 0 Å². The molecule has 0 bridgehead atoms. The highest BCUT2D eigenvalue weighted by Crippen LogP contribution is 2.48. The van der Waals surface area contributed by atoms with E-state index in [1.807, 2.05) is 73.6 Å². The van der Waals surface area contributed by atoms with Gasteiger partial charge in [-0.3, -0.25) is 14.4 Å². The highest BCUT2D eigenvalue weighted by molar-refractivity contribution is 6.32. The molecule has 0 unspecified atom stereocenters. The molecule has 33 heavy (non-hydrogen) atoms. The van der Waals surface area contributed by atoms with Crippen LogP contribution < -0.4 is 14.9 Å². The molecular weight excluding hydrogens is 438 g/mol. The summed E-state index contributed by atoms with van der Waals surface area (Å²) < 4.78 is 0. The number of carbonyl (C=O) groups is 2. The molecule has 5 rings (SSSR count). The lowest BCUT2D eigenvalue weighted by molar-refractivity contribution is -0.126. The Hall–Kier alpha value is -3.35. The maximum atomic E-state index is 13.7. The molecule has 2 amide bonds. The second-order valence-corrected chi connectivity index (χ2v) is 8.95. The van der Waals surface area contributed by atoms with Crippen molar-refractivity contribution in [2.24, 2.45) is 5.92 Å². The number of carbonyl (C=O) groups excluding carboxylic acids is 2. The van der Waals surface area contributed by atoms with Crippen LogP contribution in [0, 0.1) is 12.8 Å². The second-order valence-electron chi connectivity index (χ2n) is 8.54. The molecular formula is C26H24ClN3O3. The van der Waals surface area contributed by atoms with Gasteiger partial charge in [0, 0.05) is 24.8 Å². The number of imide groups is 1. The smallest absolute Gasteiger partial charge is 0.266 e. The fourth-order valence-electron chi connectivity index (χ4n) is 4.60. The standard InChI is InChI=1S/C26H24ClN3O3/c1-16-20(27)10-7-11-21(16)29-25(31)22-23(17-12-14-18(15-13-17)28(2)3)30(33-24(22)26(29)32)19-8-5-4-6-9-19/h4-15,22-24H,1-3H3/t22-,23-,24-/m0/s1. The zero-order valence-electron chi connectivity index (χ0n) is 18.6. The lowest BCUT2D eigenvalue weighted by Crippen LogP contribution is -2.37. The summed E-state index contributed by atoms with van der Waals surface area (Å²) in [6.45, 7) is 1.81. The minimum atomic E-state index is -0.908. The van der Waals surface area contributed by atoms with E-state index in [-0.39, 0.29) is 11.8 Å². The molecule has 7 heteroatoms. The van der Waals surface area contributed by atoms with Gasteiger partial charge in [-0.15, -0.1) is 0 Å². The minimum Gasteiger partial charge on any atom is -0.378 e. The predicted molar refractivity (Wildman–Crippen MR) is 129 cm³/mol. The highest BCUT2D eigenvalue weighted by atomic mass is 35.5. The van der Waals surface area contributed by atoms with E-state index < -0.39 is 18.1 Å². The van der Waals surface area contributed by atoms with Crippen LogP contribution in [-0.2, 0) is 14.4 Å². The quantitative estimate of drug-likeness (QED) is 0.524. The van der Waals surface area contributed by atoms with Gasteiger partial charge in [-0.1, -0.05) is 48.0 Å². The van der Waals surface area contributed by atoms with Crippen LogP contribution in [0.2, 0.25) is 5.02 Å². The van der Waals surface area contributed by atoms with Crippen molar-refractivity contribution in [1.29, 1.82) is 0 Å². The second kappa shape index (κ2) is 8.21. The molecule has 2 aliphatic heterocycles. The number of para-hydroxylation sites is 1. The topological polar surface area (TPSA) is 53.1 Å². The summed E-state index contributed by atoms with van der Waals surface area (Å²) in [7, 11) is 3.95. The van der Waals surface area contributed by atoms with Crippen molar-refractivity contribution in [3.63, 3.8) is 0 Å². The van der Waals surface area contributed by atoms with Crippen molar-refractivity contribution in [2.45, 2.75) is 19.1 Å². The van der Waals surface area contributed by atoms with Crippen LogP contribution in [0.4, 0.5) is 17.1 Å². The van der Waals surface area contributed by atoms with E-state index >= 15 is 0 Å². The van der Waals surface area contributed by atoms with Gasteiger partial charge in [0.25, 0.3) is 5.91 Å².